The lowest BCUT2D eigenvalue weighted by Crippen LogP contribution is -2.17. The van der Waals surface area contributed by atoms with Gasteiger partial charge in [0.2, 0.25) is 0 Å². The molecule has 0 saturated carbocycles. The second-order valence-electron chi connectivity index (χ2n) is 5.97. The Kier molecular flexibility index (Phi) is 5.15. The minimum atomic E-state index is -3.60. The lowest BCUT2D eigenvalue weighted by molar-refractivity contribution is 0.600. The van der Waals surface area contributed by atoms with Crippen LogP contribution in [0.25, 0.3) is 0 Å². The van der Waals surface area contributed by atoms with Gasteiger partial charge < -0.3 is 0 Å². The molecule has 0 aromatic heterocycles. The van der Waals surface area contributed by atoms with Gasteiger partial charge in [0.05, 0.1) is 10.6 Å². The van der Waals surface area contributed by atoms with E-state index in [0.29, 0.717) is 4.90 Å². The smallest absolute Gasteiger partial charge is 0.262 e. The standard InChI is InChI=1S/C19H25NO2S/c1-6-16-9-8-10-17(7-2)19(16)20-23(21,22)18-12-14(4)13(3)11-15(18)5/h8-12,20H,6-7H2,1-5H3. The molecule has 3 nitrogen and oxygen atoms in total. The molecule has 124 valence electrons. The molecule has 0 amide bonds. The highest BCUT2D eigenvalue weighted by molar-refractivity contribution is 7.92. The maximum Gasteiger partial charge on any atom is 0.262 e. The second-order valence-corrected chi connectivity index (χ2v) is 7.62. The van der Waals surface area contributed by atoms with Crippen molar-refractivity contribution < 1.29 is 8.42 Å². The summed E-state index contributed by atoms with van der Waals surface area (Å²) in [7, 11) is -3.60. The Morgan fingerprint density at radius 2 is 1.39 bits per heavy atom. The molecule has 4 heteroatoms. The van der Waals surface area contributed by atoms with Gasteiger partial charge in [0.1, 0.15) is 0 Å². The van der Waals surface area contributed by atoms with E-state index >= 15 is 0 Å². The van der Waals surface area contributed by atoms with E-state index in [2.05, 4.69) is 4.72 Å². The summed E-state index contributed by atoms with van der Waals surface area (Å²) >= 11 is 0. The third-order valence-corrected chi connectivity index (χ3v) is 5.81. The summed E-state index contributed by atoms with van der Waals surface area (Å²) in [5.41, 5.74) is 5.63. The van der Waals surface area contributed by atoms with Crippen molar-refractivity contribution in [2.45, 2.75) is 52.4 Å². The minimum absolute atomic E-state index is 0.355. The van der Waals surface area contributed by atoms with Crippen molar-refractivity contribution in [1.82, 2.24) is 0 Å². The first-order valence-corrected chi connectivity index (χ1v) is 9.49. The van der Waals surface area contributed by atoms with Crippen molar-refractivity contribution >= 4 is 15.7 Å². The van der Waals surface area contributed by atoms with Gasteiger partial charge in [-0.1, -0.05) is 38.1 Å². The van der Waals surface area contributed by atoms with Gasteiger partial charge in [-0.25, -0.2) is 8.42 Å². The molecule has 0 saturated heterocycles. The predicted octanol–water partition coefficient (Wildman–Crippen LogP) is 4.54. The Bertz CT molecular complexity index is 801. The molecule has 0 aliphatic heterocycles. The number of hydrogen-bond acceptors (Lipinski definition) is 2. The van der Waals surface area contributed by atoms with Crippen LogP contribution in [0.1, 0.15) is 41.7 Å². The molecule has 0 atom stereocenters. The van der Waals surface area contributed by atoms with E-state index in [1.807, 2.05) is 58.9 Å². The van der Waals surface area contributed by atoms with Gasteiger partial charge in [0.25, 0.3) is 10.0 Å². The van der Waals surface area contributed by atoms with Gasteiger partial charge >= 0.3 is 0 Å². The quantitative estimate of drug-likeness (QED) is 0.874. The van der Waals surface area contributed by atoms with Gasteiger partial charge in [-0.3, -0.25) is 4.72 Å². The number of hydrogen-bond donors (Lipinski definition) is 1. The molecule has 0 aliphatic rings. The van der Waals surface area contributed by atoms with E-state index in [0.717, 1.165) is 46.3 Å². The van der Waals surface area contributed by atoms with Gasteiger partial charge in [-0.05, 0) is 67.5 Å². The average molecular weight is 331 g/mol. The summed E-state index contributed by atoms with van der Waals surface area (Å²) in [4.78, 5) is 0.355. The summed E-state index contributed by atoms with van der Waals surface area (Å²) in [5, 5.41) is 0. The van der Waals surface area contributed by atoms with Crippen molar-refractivity contribution in [2.75, 3.05) is 4.72 Å². The first-order valence-electron chi connectivity index (χ1n) is 8.01. The molecule has 1 N–H and O–H groups in total. The number of para-hydroxylation sites is 1. The molecule has 0 spiro atoms. The fourth-order valence-electron chi connectivity index (χ4n) is 2.79. The van der Waals surface area contributed by atoms with Crippen LogP contribution in [0.2, 0.25) is 0 Å². The molecule has 0 unspecified atom stereocenters. The van der Waals surface area contributed by atoms with Crippen molar-refractivity contribution in [3.63, 3.8) is 0 Å². The van der Waals surface area contributed by atoms with E-state index in [1.165, 1.54) is 0 Å². The van der Waals surface area contributed by atoms with Crippen LogP contribution in [-0.4, -0.2) is 8.42 Å². The molecule has 0 radical (unpaired) electrons. The summed E-state index contributed by atoms with van der Waals surface area (Å²) < 4.78 is 28.7. The van der Waals surface area contributed by atoms with Crippen LogP contribution in [-0.2, 0) is 22.9 Å². The lowest BCUT2D eigenvalue weighted by Gasteiger charge is -2.17. The maximum absolute atomic E-state index is 12.9. The van der Waals surface area contributed by atoms with Crippen LogP contribution in [0.4, 0.5) is 5.69 Å². The van der Waals surface area contributed by atoms with Gasteiger partial charge in [-0.2, -0.15) is 0 Å². The largest absolute Gasteiger partial charge is 0.279 e. The summed E-state index contributed by atoms with van der Waals surface area (Å²) in [5.74, 6) is 0. The molecule has 0 fully saturated rings. The van der Waals surface area contributed by atoms with Crippen molar-refractivity contribution in [3.05, 3.63) is 58.1 Å². The zero-order valence-corrected chi connectivity index (χ0v) is 15.3. The normalized spacial score (nSPS) is 11.5. The van der Waals surface area contributed by atoms with E-state index in [9.17, 15) is 8.42 Å². The van der Waals surface area contributed by atoms with E-state index < -0.39 is 10.0 Å². The maximum atomic E-state index is 12.9. The van der Waals surface area contributed by atoms with Crippen LogP contribution in [0.15, 0.2) is 35.2 Å². The molecule has 2 aromatic rings. The van der Waals surface area contributed by atoms with Gasteiger partial charge in [0.15, 0.2) is 0 Å². The third kappa shape index (κ3) is 3.58. The van der Waals surface area contributed by atoms with E-state index in [-0.39, 0.29) is 0 Å². The van der Waals surface area contributed by atoms with E-state index in [1.54, 1.807) is 6.07 Å². The average Bonchev–Trinajstić information content (AvgIpc) is 2.50. The zero-order valence-electron chi connectivity index (χ0n) is 14.5. The monoisotopic (exact) mass is 331 g/mol. The SMILES string of the molecule is CCc1cccc(CC)c1NS(=O)(=O)c1cc(C)c(C)cc1C. The molecule has 2 aromatic carbocycles. The van der Waals surface area contributed by atoms with E-state index in [4.69, 9.17) is 0 Å². The zero-order chi connectivity index (χ0) is 17.2. The molecule has 0 heterocycles. The van der Waals surface area contributed by atoms with Crippen LogP contribution < -0.4 is 4.72 Å². The molecule has 0 bridgehead atoms. The minimum Gasteiger partial charge on any atom is -0.279 e. The Hall–Kier alpha value is -1.81. The predicted molar refractivity (Wildman–Crippen MR) is 96.7 cm³/mol. The first kappa shape index (κ1) is 17.5. The van der Waals surface area contributed by atoms with Crippen LogP contribution in [0, 0.1) is 20.8 Å². The van der Waals surface area contributed by atoms with Gasteiger partial charge in [-0.15, -0.1) is 0 Å². The number of anilines is 1. The Balaban J connectivity index is 2.54. The number of nitrogens with one attached hydrogen (secondary N) is 1. The first-order chi connectivity index (χ1) is 10.8. The highest BCUT2D eigenvalue weighted by Crippen LogP contribution is 2.27. The Morgan fingerprint density at radius 3 is 1.91 bits per heavy atom. The van der Waals surface area contributed by atoms with Gasteiger partial charge in [0, 0.05) is 0 Å². The Morgan fingerprint density at radius 1 is 0.870 bits per heavy atom. The Labute approximate surface area is 139 Å². The van der Waals surface area contributed by atoms with Crippen LogP contribution in [0.3, 0.4) is 0 Å². The number of rotatable bonds is 5. The van der Waals surface area contributed by atoms with Crippen molar-refractivity contribution in [1.29, 1.82) is 0 Å². The molecular weight excluding hydrogens is 306 g/mol. The second kappa shape index (κ2) is 6.75. The number of benzene rings is 2. The number of sulfonamides is 1. The molecular formula is C19H25NO2S. The van der Waals surface area contributed by atoms with Crippen LogP contribution >= 0.6 is 0 Å². The summed E-state index contributed by atoms with van der Waals surface area (Å²) in [6, 6.07) is 9.62. The highest BCUT2D eigenvalue weighted by atomic mass is 32.2. The lowest BCUT2D eigenvalue weighted by atomic mass is 10.0. The third-order valence-electron chi connectivity index (χ3n) is 4.32. The summed E-state index contributed by atoms with van der Waals surface area (Å²) in [6.45, 7) is 9.84. The molecule has 2 rings (SSSR count). The molecule has 23 heavy (non-hydrogen) atoms. The fraction of sp³-hybridized carbons (Fsp3) is 0.368. The highest BCUT2D eigenvalue weighted by Gasteiger charge is 2.20. The fourth-order valence-corrected chi connectivity index (χ4v) is 4.24. The topological polar surface area (TPSA) is 46.2 Å². The molecule has 0 aliphatic carbocycles. The van der Waals surface area contributed by atoms with Crippen molar-refractivity contribution in [3.8, 4) is 0 Å². The van der Waals surface area contributed by atoms with Crippen LogP contribution in [0.5, 0.6) is 0 Å². The number of aryl methyl sites for hydroxylation is 5. The summed E-state index contributed by atoms with van der Waals surface area (Å²) in [6.07, 6.45) is 1.58. The van der Waals surface area contributed by atoms with Crippen molar-refractivity contribution in [2.24, 2.45) is 0 Å².